The second-order valence-corrected chi connectivity index (χ2v) is 7.40. The standard InChI is InChI=1S/C25H22N2O2/c1-2-6-24-19(5-1)7-10-21(27-24)17-28-22-11-8-20-9-12-23(29-25(20)15-22)14-18-4-3-13-26-16-18/h1-8,10-11,13,15-16,23H,9,12,14,17H2/t23-/m1/s1. The molecule has 0 N–H and O–H groups in total. The summed E-state index contributed by atoms with van der Waals surface area (Å²) in [6, 6.07) is 22.4. The van der Waals surface area contributed by atoms with E-state index in [2.05, 4.69) is 34.2 Å². The molecular formula is C25H22N2O2. The second kappa shape index (κ2) is 7.92. The van der Waals surface area contributed by atoms with Gasteiger partial charge < -0.3 is 9.47 Å². The van der Waals surface area contributed by atoms with Gasteiger partial charge in [0.05, 0.1) is 11.2 Å². The average Bonchev–Trinajstić information content (AvgIpc) is 2.78. The molecule has 29 heavy (non-hydrogen) atoms. The summed E-state index contributed by atoms with van der Waals surface area (Å²) in [6.07, 6.45) is 6.79. The maximum atomic E-state index is 6.26. The normalized spacial score (nSPS) is 15.5. The first kappa shape index (κ1) is 17.7. The summed E-state index contributed by atoms with van der Waals surface area (Å²) in [4.78, 5) is 8.87. The minimum atomic E-state index is 0.170. The molecule has 3 heterocycles. The van der Waals surface area contributed by atoms with Gasteiger partial charge in [-0.25, -0.2) is 4.98 Å². The van der Waals surface area contributed by atoms with Gasteiger partial charge >= 0.3 is 0 Å². The molecule has 2 aromatic carbocycles. The molecule has 0 amide bonds. The van der Waals surface area contributed by atoms with E-state index in [4.69, 9.17) is 9.47 Å². The Kier molecular flexibility index (Phi) is 4.83. The van der Waals surface area contributed by atoms with Crippen LogP contribution in [0.15, 0.2) is 79.1 Å². The van der Waals surface area contributed by atoms with Crippen molar-refractivity contribution in [3.63, 3.8) is 0 Å². The zero-order chi connectivity index (χ0) is 19.5. The largest absolute Gasteiger partial charge is 0.490 e. The molecule has 1 aliphatic rings. The number of para-hydroxylation sites is 1. The van der Waals surface area contributed by atoms with Gasteiger partial charge in [0.25, 0.3) is 0 Å². The van der Waals surface area contributed by atoms with E-state index in [0.717, 1.165) is 47.4 Å². The van der Waals surface area contributed by atoms with Crippen LogP contribution in [0.5, 0.6) is 11.5 Å². The van der Waals surface area contributed by atoms with Gasteiger partial charge in [-0.3, -0.25) is 4.98 Å². The van der Waals surface area contributed by atoms with Gasteiger partial charge in [-0.05, 0) is 48.2 Å². The highest BCUT2D eigenvalue weighted by atomic mass is 16.5. The Hall–Kier alpha value is -3.40. The number of aryl methyl sites for hydroxylation is 1. The van der Waals surface area contributed by atoms with Gasteiger partial charge in [-0.15, -0.1) is 0 Å². The van der Waals surface area contributed by atoms with Crippen LogP contribution < -0.4 is 9.47 Å². The van der Waals surface area contributed by atoms with Crippen molar-refractivity contribution in [2.75, 3.05) is 0 Å². The Morgan fingerprint density at radius 3 is 2.90 bits per heavy atom. The summed E-state index contributed by atoms with van der Waals surface area (Å²) >= 11 is 0. The molecule has 0 saturated carbocycles. The molecule has 0 saturated heterocycles. The van der Waals surface area contributed by atoms with Crippen LogP contribution in [0.1, 0.15) is 23.2 Å². The van der Waals surface area contributed by atoms with Gasteiger partial charge in [0.1, 0.15) is 24.2 Å². The molecule has 4 nitrogen and oxygen atoms in total. The van der Waals surface area contributed by atoms with Crippen LogP contribution in [-0.4, -0.2) is 16.1 Å². The fourth-order valence-electron chi connectivity index (χ4n) is 3.77. The molecule has 5 rings (SSSR count). The number of pyridine rings is 2. The van der Waals surface area contributed by atoms with Gasteiger partial charge in [0.2, 0.25) is 0 Å². The number of nitrogens with zero attached hydrogens (tertiary/aromatic N) is 2. The van der Waals surface area contributed by atoms with Crippen molar-refractivity contribution in [3.8, 4) is 11.5 Å². The zero-order valence-corrected chi connectivity index (χ0v) is 16.1. The highest BCUT2D eigenvalue weighted by molar-refractivity contribution is 5.78. The Labute approximate surface area is 170 Å². The number of aromatic nitrogens is 2. The maximum Gasteiger partial charge on any atom is 0.130 e. The van der Waals surface area contributed by atoms with Crippen LogP contribution >= 0.6 is 0 Å². The van der Waals surface area contributed by atoms with E-state index in [-0.39, 0.29) is 6.10 Å². The first-order chi connectivity index (χ1) is 14.3. The van der Waals surface area contributed by atoms with Crippen molar-refractivity contribution in [3.05, 3.63) is 95.9 Å². The van der Waals surface area contributed by atoms with Crippen molar-refractivity contribution < 1.29 is 9.47 Å². The second-order valence-electron chi connectivity index (χ2n) is 7.40. The highest BCUT2D eigenvalue weighted by Crippen LogP contribution is 2.32. The fourth-order valence-corrected chi connectivity index (χ4v) is 3.77. The number of rotatable bonds is 5. The van der Waals surface area contributed by atoms with Crippen LogP contribution in [0.4, 0.5) is 0 Å². The zero-order valence-electron chi connectivity index (χ0n) is 16.1. The van der Waals surface area contributed by atoms with E-state index >= 15 is 0 Å². The third-order valence-corrected chi connectivity index (χ3v) is 5.30. The molecule has 0 radical (unpaired) electrons. The van der Waals surface area contributed by atoms with Crippen molar-refractivity contribution in [2.24, 2.45) is 0 Å². The van der Waals surface area contributed by atoms with E-state index < -0.39 is 0 Å². The van der Waals surface area contributed by atoms with Gasteiger partial charge in [-0.1, -0.05) is 36.4 Å². The third-order valence-electron chi connectivity index (χ3n) is 5.30. The third kappa shape index (κ3) is 4.06. The van der Waals surface area contributed by atoms with Gasteiger partial charge in [0, 0.05) is 30.3 Å². The monoisotopic (exact) mass is 382 g/mol. The lowest BCUT2D eigenvalue weighted by Crippen LogP contribution is -2.25. The summed E-state index contributed by atoms with van der Waals surface area (Å²) in [6.45, 7) is 0.433. The summed E-state index contributed by atoms with van der Waals surface area (Å²) in [5.74, 6) is 1.73. The van der Waals surface area contributed by atoms with Gasteiger partial charge in [-0.2, -0.15) is 0 Å². The molecule has 4 heteroatoms. The quantitative estimate of drug-likeness (QED) is 0.479. The molecule has 0 bridgehead atoms. The van der Waals surface area contributed by atoms with Crippen molar-refractivity contribution in [1.82, 2.24) is 9.97 Å². The van der Waals surface area contributed by atoms with E-state index in [9.17, 15) is 0 Å². The Balaban J connectivity index is 1.27. The minimum Gasteiger partial charge on any atom is -0.490 e. The summed E-state index contributed by atoms with van der Waals surface area (Å²) < 4.78 is 12.3. The predicted molar refractivity (Wildman–Crippen MR) is 113 cm³/mol. The first-order valence-corrected chi connectivity index (χ1v) is 9.99. The summed E-state index contributed by atoms with van der Waals surface area (Å²) in [7, 11) is 0. The van der Waals surface area contributed by atoms with E-state index in [1.807, 2.05) is 48.7 Å². The van der Waals surface area contributed by atoms with Crippen molar-refractivity contribution in [2.45, 2.75) is 32.0 Å². The smallest absolute Gasteiger partial charge is 0.130 e. The lowest BCUT2D eigenvalue weighted by atomic mass is 9.98. The number of hydrogen-bond acceptors (Lipinski definition) is 4. The Bertz CT molecular complexity index is 1130. The summed E-state index contributed by atoms with van der Waals surface area (Å²) in [5, 5.41) is 1.14. The molecule has 0 aliphatic carbocycles. The Morgan fingerprint density at radius 2 is 1.97 bits per heavy atom. The molecule has 2 aromatic heterocycles. The van der Waals surface area contributed by atoms with E-state index in [1.54, 1.807) is 6.20 Å². The molecule has 0 unspecified atom stereocenters. The average molecular weight is 382 g/mol. The highest BCUT2D eigenvalue weighted by Gasteiger charge is 2.20. The predicted octanol–water partition coefficient (Wildman–Crippen LogP) is 5.15. The summed E-state index contributed by atoms with van der Waals surface area (Å²) in [5.41, 5.74) is 4.34. The molecule has 144 valence electrons. The van der Waals surface area contributed by atoms with Crippen molar-refractivity contribution >= 4 is 10.9 Å². The molecule has 1 aliphatic heterocycles. The van der Waals surface area contributed by atoms with Crippen LogP contribution in [0.3, 0.4) is 0 Å². The topological polar surface area (TPSA) is 44.2 Å². The van der Waals surface area contributed by atoms with Crippen LogP contribution in [0.2, 0.25) is 0 Å². The number of fused-ring (bicyclic) bond motifs is 2. The van der Waals surface area contributed by atoms with Gasteiger partial charge in [0.15, 0.2) is 0 Å². The lowest BCUT2D eigenvalue weighted by Gasteiger charge is -2.26. The van der Waals surface area contributed by atoms with Crippen LogP contribution in [0, 0.1) is 0 Å². The van der Waals surface area contributed by atoms with Crippen LogP contribution in [-0.2, 0) is 19.4 Å². The lowest BCUT2D eigenvalue weighted by molar-refractivity contribution is 0.172. The molecule has 1 atom stereocenters. The minimum absolute atomic E-state index is 0.170. The Morgan fingerprint density at radius 1 is 1.00 bits per heavy atom. The van der Waals surface area contributed by atoms with E-state index in [0.29, 0.717) is 6.61 Å². The first-order valence-electron chi connectivity index (χ1n) is 9.99. The van der Waals surface area contributed by atoms with Crippen LogP contribution in [0.25, 0.3) is 10.9 Å². The molecule has 0 fully saturated rings. The number of benzene rings is 2. The molecule has 0 spiro atoms. The maximum absolute atomic E-state index is 6.26. The van der Waals surface area contributed by atoms with E-state index in [1.165, 1.54) is 11.1 Å². The number of ether oxygens (including phenoxy) is 2. The molecular weight excluding hydrogens is 360 g/mol. The molecule has 4 aromatic rings. The SMILES string of the molecule is c1cncc(C[C@H]2CCc3ccc(OCc4ccc5ccccc5n4)cc3O2)c1. The fraction of sp³-hybridized carbons (Fsp3) is 0.200. The van der Waals surface area contributed by atoms with Crippen molar-refractivity contribution in [1.29, 1.82) is 0 Å². The number of hydrogen-bond donors (Lipinski definition) is 0.